The second-order valence-corrected chi connectivity index (χ2v) is 8.46. The lowest BCUT2D eigenvalue weighted by Gasteiger charge is -2.12. The Labute approximate surface area is 197 Å². The summed E-state index contributed by atoms with van der Waals surface area (Å²) in [4.78, 5) is 29.5. The number of carbonyl (C=O) groups is 2. The molecule has 2 N–H and O–H groups in total. The molecule has 0 aliphatic rings. The summed E-state index contributed by atoms with van der Waals surface area (Å²) in [6.07, 6.45) is -0.0258. The molecule has 2 aromatic carbocycles. The highest BCUT2D eigenvalue weighted by atomic mass is 19.1. The van der Waals surface area contributed by atoms with Gasteiger partial charge in [0.25, 0.3) is 0 Å². The Hall–Kier alpha value is -4.07. The molecule has 4 aromatic rings. The highest BCUT2D eigenvalue weighted by Gasteiger charge is 2.15. The van der Waals surface area contributed by atoms with Gasteiger partial charge in [0, 0.05) is 30.0 Å². The van der Waals surface area contributed by atoms with Gasteiger partial charge < -0.3 is 10.6 Å². The fourth-order valence-corrected chi connectivity index (χ4v) is 3.89. The van der Waals surface area contributed by atoms with Crippen molar-refractivity contribution >= 4 is 34.2 Å². The topological polar surface area (TPSA) is 88.9 Å². The molecule has 2 amide bonds. The van der Waals surface area contributed by atoms with Crippen LogP contribution >= 0.6 is 0 Å². The number of hydrogen-bond donors (Lipinski definition) is 2. The number of nitrogens with zero attached hydrogens (tertiary/aromatic N) is 3. The summed E-state index contributed by atoms with van der Waals surface area (Å²) in [7, 11) is 0. The molecule has 0 saturated heterocycles. The molecule has 0 fully saturated rings. The predicted molar refractivity (Wildman–Crippen MR) is 131 cm³/mol. The van der Waals surface area contributed by atoms with Crippen molar-refractivity contribution in [3.8, 4) is 5.82 Å². The highest BCUT2D eigenvalue weighted by Crippen LogP contribution is 2.26. The second kappa shape index (κ2) is 9.43. The summed E-state index contributed by atoms with van der Waals surface area (Å²) in [6.45, 7) is 7.95. The van der Waals surface area contributed by atoms with Gasteiger partial charge >= 0.3 is 0 Å². The normalized spacial score (nSPS) is 11.0. The third-order valence-corrected chi connectivity index (χ3v) is 5.46. The van der Waals surface area contributed by atoms with E-state index < -0.39 is 0 Å². The number of aromatic nitrogens is 3. The minimum absolute atomic E-state index is 0.0117. The number of fused-ring (bicyclic) bond motifs is 1. The number of amides is 2. The van der Waals surface area contributed by atoms with Crippen molar-refractivity contribution in [1.82, 2.24) is 14.8 Å². The van der Waals surface area contributed by atoms with Crippen molar-refractivity contribution in [2.75, 3.05) is 10.6 Å². The van der Waals surface area contributed by atoms with Crippen LogP contribution in [0.2, 0.25) is 0 Å². The standard InChI is InChI=1S/C26H26FN5O2/c1-15-11-17(3)26-21(12-15)16(2)13-22(30-26)32-23(14-18(4)31-32)29-25(34)10-9-24(33)28-20-7-5-19(27)6-8-20/h5-8,11-14H,9-10H2,1-4H3,(H,28,33)(H,29,34). The van der Waals surface area contributed by atoms with Gasteiger partial charge in [-0.25, -0.2) is 9.37 Å². The quantitative estimate of drug-likeness (QED) is 0.417. The Morgan fingerprint density at radius 1 is 0.882 bits per heavy atom. The van der Waals surface area contributed by atoms with E-state index in [1.807, 2.05) is 26.8 Å². The zero-order valence-electron chi connectivity index (χ0n) is 19.6. The van der Waals surface area contributed by atoms with Gasteiger partial charge in [0.2, 0.25) is 11.8 Å². The van der Waals surface area contributed by atoms with Gasteiger partial charge in [0.1, 0.15) is 11.6 Å². The molecule has 0 atom stereocenters. The van der Waals surface area contributed by atoms with Gasteiger partial charge in [0.05, 0.1) is 11.2 Å². The van der Waals surface area contributed by atoms with Gasteiger partial charge in [-0.3, -0.25) is 9.59 Å². The largest absolute Gasteiger partial charge is 0.326 e. The average molecular weight is 460 g/mol. The first-order chi connectivity index (χ1) is 16.2. The first kappa shape index (κ1) is 23.1. The Balaban J connectivity index is 1.49. The molecule has 0 unspecified atom stereocenters. The molecule has 4 rings (SSSR count). The second-order valence-electron chi connectivity index (χ2n) is 8.46. The van der Waals surface area contributed by atoms with E-state index in [-0.39, 0.29) is 30.5 Å². The van der Waals surface area contributed by atoms with E-state index >= 15 is 0 Å². The summed E-state index contributed by atoms with van der Waals surface area (Å²) in [5.41, 5.74) is 5.40. The van der Waals surface area contributed by atoms with Gasteiger partial charge in [0.15, 0.2) is 5.82 Å². The molecule has 7 nitrogen and oxygen atoms in total. The third-order valence-electron chi connectivity index (χ3n) is 5.46. The smallest absolute Gasteiger partial charge is 0.226 e. The van der Waals surface area contributed by atoms with E-state index in [1.54, 1.807) is 10.7 Å². The number of nitrogens with one attached hydrogen (secondary N) is 2. The van der Waals surface area contributed by atoms with Gasteiger partial charge in [-0.2, -0.15) is 9.78 Å². The van der Waals surface area contributed by atoms with Crippen LogP contribution in [0.5, 0.6) is 0 Å². The summed E-state index contributed by atoms with van der Waals surface area (Å²) in [5, 5.41) is 11.1. The minimum Gasteiger partial charge on any atom is -0.326 e. The predicted octanol–water partition coefficient (Wildman–Crippen LogP) is 5.15. The number of benzene rings is 2. The first-order valence-electron chi connectivity index (χ1n) is 11.0. The molecule has 2 heterocycles. The number of anilines is 2. The molecule has 34 heavy (non-hydrogen) atoms. The minimum atomic E-state index is -0.384. The Morgan fingerprint density at radius 3 is 2.26 bits per heavy atom. The number of halogens is 1. The molecule has 174 valence electrons. The van der Waals surface area contributed by atoms with Crippen molar-refractivity contribution in [2.24, 2.45) is 0 Å². The molecule has 0 aliphatic heterocycles. The van der Waals surface area contributed by atoms with Crippen molar-refractivity contribution in [3.05, 3.63) is 76.7 Å². The fourth-order valence-electron chi connectivity index (χ4n) is 3.89. The Bertz CT molecular complexity index is 1390. The summed E-state index contributed by atoms with van der Waals surface area (Å²) >= 11 is 0. The molecule has 2 aromatic heterocycles. The van der Waals surface area contributed by atoms with E-state index in [1.165, 1.54) is 29.8 Å². The lowest BCUT2D eigenvalue weighted by molar-refractivity contribution is -0.121. The van der Waals surface area contributed by atoms with Gasteiger partial charge in [-0.05, 0) is 75.2 Å². The van der Waals surface area contributed by atoms with E-state index in [0.717, 1.165) is 27.7 Å². The molecule has 0 spiro atoms. The van der Waals surface area contributed by atoms with Crippen molar-refractivity contribution in [2.45, 2.75) is 40.5 Å². The van der Waals surface area contributed by atoms with E-state index in [2.05, 4.69) is 34.8 Å². The third kappa shape index (κ3) is 5.11. The van der Waals surface area contributed by atoms with Crippen LogP contribution in [0.15, 0.2) is 48.5 Å². The van der Waals surface area contributed by atoms with Gasteiger partial charge in [-0.1, -0.05) is 11.6 Å². The van der Waals surface area contributed by atoms with Crippen molar-refractivity contribution in [1.29, 1.82) is 0 Å². The number of rotatable bonds is 6. The van der Waals surface area contributed by atoms with Crippen molar-refractivity contribution < 1.29 is 14.0 Å². The van der Waals surface area contributed by atoms with Crippen LogP contribution in [-0.2, 0) is 9.59 Å². The van der Waals surface area contributed by atoms with E-state index in [4.69, 9.17) is 4.98 Å². The fraction of sp³-hybridized carbons (Fsp3) is 0.231. The summed E-state index contributed by atoms with van der Waals surface area (Å²) < 4.78 is 14.6. The van der Waals surface area contributed by atoms with Crippen LogP contribution in [0.4, 0.5) is 15.9 Å². The molecule has 0 aliphatic carbocycles. The Kier molecular flexibility index (Phi) is 6.40. The molecule has 0 radical (unpaired) electrons. The van der Waals surface area contributed by atoms with Crippen molar-refractivity contribution in [3.63, 3.8) is 0 Å². The van der Waals surface area contributed by atoms with Crippen LogP contribution in [0.25, 0.3) is 16.7 Å². The maximum Gasteiger partial charge on any atom is 0.226 e. The van der Waals surface area contributed by atoms with E-state index in [9.17, 15) is 14.0 Å². The zero-order valence-corrected chi connectivity index (χ0v) is 19.6. The molecule has 0 bridgehead atoms. The summed E-state index contributed by atoms with van der Waals surface area (Å²) in [5.74, 6) is 0.0567. The monoisotopic (exact) mass is 459 g/mol. The SMILES string of the molecule is Cc1cc(C)c2nc(-n3nc(C)cc3NC(=O)CCC(=O)Nc3ccc(F)cc3)cc(C)c2c1. The molecule has 8 heteroatoms. The van der Waals surface area contributed by atoms with E-state index in [0.29, 0.717) is 17.3 Å². The van der Waals surface area contributed by atoms with Gasteiger partial charge in [-0.15, -0.1) is 0 Å². The lowest BCUT2D eigenvalue weighted by Crippen LogP contribution is -2.19. The van der Waals surface area contributed by atoms with Crippen LogP contribution in [0.1, 0.15) is 35.2 Å². The maximum atomic E-state index is 13.0. The Morgan fingerprint density at radius 2 is 1.56 bits per heavy atom. The summed E-state index contributed by atoms with van der Waals surface area (Å²) in [6, 6.07) is 13.4. The molecule has 0 saturated carbocycles. The number of carbonyl (C=O) groups excluding carboxylic acids is 2. The number of pyridine rings is 1. The van der Waals surface area contributed by atoms with Crippen LogP contribution in [-0.4, -0.2) is 26.6 Å². The lowest BCUT2D eigenvalue weighted by atomic mass is 10.0. The van der Waals surface area contributed by atoms with Crippen LogP contribution < -0.4 is 10.6 Å². The van der Waals surface area contributed by atoms with Crippen LogP contribution in [0, 0.1) is 33.5 Å². The van der Waals surface area contributed by atoms with Crippen LogP contribution in [0.3, 0.4) is 0 Å². The average Bonchev–Trinajstić information content (AvgIpc) is 3.14. The molecular weight excluding hydrogens is 433 g/mol. The zero-order chi connectivity index (χ0) is 24.4. The number of aryl methyl sites for hydroxylation is 4. The maximum absolute atomic E-state index is 13.0. The molecular formula is C26H26FN5O2. The highest BCUT2D eigenvalue weighted by molar-refractivity contribution is 5.96. The first-order valence-corrected chi connectivity index (χ1v) is 11.0. The number of hydrogen-bond acceptors (Lipinski definition) is 4.